The van der Waals surface area contributed by atoms with Crippen LogP contribution in [-0.2, 0) is 13.1 Å². The number of hydrazine groups is 1. The molecule has 0 amide bonds. The number of rotatable bonds is 0. The quantitative estimate of drug-likeness (QED) is 0.650. The lowest BCUT2D eigenvalue weighted by molar-refractivity contribution is 0.489. The Kier molecular flexibility index (Phi) is 1.72. The van der Waals surface area contributed by atoms with Crippen molar-refractivity contribution in [2.75, 3.05) is 0 Å². The van der Waals surface area contributed by atoms with Crippen LogP contribution in [0.15, 0.2) is 30.3 Å². The van der Waals surface area contributed by atoms with Gasteiger partial charge in [-0.1, -0.05) is 18.2 Å². The summed E-state index contributed by atoms with van der Waals surface area (Å²) in [5, 5.41) is 1.22. The first kappa shape index (κ1) is 7.91. The number of nitrogens with one attached hydrogen (secondary N) is 2. The van der Waals surface area contributed by atoms with Crippen molar-refractivity contribution in [1.82, 2.24) is 15.8 Å². The molecule has 0 bridgehead atoms. The number of hydrogen-bond donors (Lipinski definition) is 2. The first-order valence-electron chi connectivity index (χ1n) is 4.77. The second-order valence-electron chi connectivity index (χ2n) is 3.49. The minimum absolute atomic E-state index is 0.806. The summed E-state index contributed by atoms with van der Waals surface area (Å²) in [6.07, 6.45) is 0. The first-order chi connectivity index (χ1) is 6.93. The number of para-hydroxylation sites is 1. The molecule has 14 heavy (non-hydrogen) atoms. The van der Waals surface area contributed by atoms with Crippen LogP contribution in [0.1, 0.15) is 11.3 Å². The molecule has 3 heteroatoms. The predicted molar refractivity (Wildman–Crippen MR) is 55.4 cm³/mol. The highest BCUT2D eigenvalue weighted by atomic mass is 15.4. The fourth-order valence-electron chi connectivity index (χ4n) is 1.81. The van der Waals surface area contributed by atoms with Gasteiger partial charge in [0.1, 0.15) is 0 Å². The molecule has 0 atom stereocenters. The van der Waals surface area contributed by atoms with E-state index in [1.165, 1.54) is 10.9 Å². The van der Waals surface area contributed by atoms with Gasteiger partial charge in [0.25, 0.3) is 0 Å². The zero-order valence-electron chi connectivity index (χ0n) is 7.75. The van der Waals surface area contributed by atoms with Crippen molar-refractivity contribution in [3.8, 4) is 0 Å². The van der Waals surface area contributed by atoms with Gasteiger partial charge in [-0.3, -0.25) is 15.8 Å². The van der Waals surface area contributed by atoms with Crippen molar-refractivity contribution in [2.45, 2.75) is 13.1 Å². The van der Waals surface area contributed by atoms with E-state index in [2.05, 4.69) is 34.0 Å². The van der Waals surface area contributed by atoms with Crippen LogP contribution in [0.5, 0.6) is 0 Å². The second-order valence-corrected chi connectivity index (χ2v) is 3.49. The third-order valence-electron chi connectivity index (χ3n) is 2.55. The van der Waals surface area contributed by atoms with E-state index in [1.54, 1.807) is 0 Å². The van der Waals surface area contributed by atoms with Gasteiger partial charge in [-0.2, -0.15) is 0 Å². The van der Waals surface area contributed by atoms with Gasteiger partial charge in [0.15, 0.2) is 0 Å². The SMILES string of the molecule is c1ccc2nc3c(cc2c1)CNNC3. The molecule has 0 fully saturated rings. The molecule has 3 nitrogen and oxygen atoms in total. The van der Waals surface area contributed by atoms with Crippen molar-refractivity contribution in [3.05, 3.63) is 41.6 Å². The molecule has 2 heterocycles. The van der Waals surface area contributed by atoms with Crippen LogP contribution in [0.25, 0.3) is 10.9 Å². The van der Waals surface area contributed by atoms with E-state index in [4.69, 9.17) is 0 Å². The van der Waals surface area contributed by atoms with E-state index >= 15 is 0 Å². The van der Waals surface area contributed by atoms with Gasteiger partial charge in [-0.05, 0) is 17.7 Å². The number of hydrogen-bond acceptors (Lipinski definition) is 3. The molecule has 1 aliphatic rings. The van der Waals surface area contributed by atoms with Crippen LogP contribution in [0.3, 0.4) is 0 Å². The Balaban J connectivity index is 2.27. The Morgan fingerprint density at radius 1 is 1.07 bits per heavy atom. The second kappa shape index (κ2) is 3.04. The van der Waals surface area contributed by atoms with E-state index in [9.17, 15) is 0 Å². The van der Waals surface area contributed by atoms with Crippen LogP contribution in [-0.4, -0.2) is 4.98 Å². The van der Waals surface area contributed by atoms with E-state index in [-0.39, 0.29) is 0 Å². The number of aromatic nitrogens is 1. The molecule has 3 rings (SSSR count). The third-order valence-corrected chi connectivity index (χ3v) is 2.55. The van der Waals surface area contributed by atoms with Gasteiger partial charge >= 0.3 is 0 Å². The molecule has 0 saturated heterocycles. The van der Waals surface area contributed by atoms with Crippen LogP contribution in [0, 0.1) is 0 Å². The van der Waals surface area contributed by atoms with Crippen molar-refractivity contribution in [3.63, 3.8) is 0 Å². The summed E-state index contributed by atoms with van der Waals surface area (Å²) in [6, 6.07) is 10.4. The summed E-state index contributed by atoms with van der Waals surface area (Å²) < 4.78 is 0. The van der Waals surface area contributed by atoms with Crippen molar-refractivity contribution < 1.29 is 0 Å². The molecule has 0 spiro atoms. The van der Waals surface area contributed by atoms with Gasteiger partial charge in [-0.15, -0.1) is 0 Å². The lowest BCUT2D eigenvalue weighted by Gasteiger charge is -2.17. The molecule has 2 aromatic rings. The summed E-state index contributed by atoms with van der Waals surface area (Å²) >= 11 is 0. The zero-order valence-corrected chi connectivity index (χ0v) is 7.75. The average molecular weight is 185 g/mol. The molecule has 1 aromatic carbocycles. The maximum atomic E-state index is 4.61. The Bertz CT molecular complexity index is 434. The number of benzene rings is 1. The van der Waals surface area contributed by atoms with Crippen LogP contribution in [0.2, 0.25) is 0 Å². The van der Waals surface area contributed by atoms with Crippen molar-refractivity contribution >= 4 is 10.9 Å². The maximum Gasteiger partial charge on any atom is 0.0706 e. The number of nitrogens with zero attached hydrogens (tertiary/aromatic N) is 1. The number of pyridine rings is 1. The van der Waals surface area contributed by atoms with Crippen molar-refractivity contribution in [1.29, 1.82) is 0 Å². The third kappa shape index (κ3) is 1.18. The van der Waals surface area contributed by atoms with Crippen molar-refractivity contribution in [2.24, 2.45) is 0 Å². The molecular weight excluding hydrogens is 174 g/mol. The molecule has 0 saturated carbocycles. The maximum absolute atomic E-state index is 4.61. The molecular formula is C11H11N3. The molecule has 2 N–H and O–H groups in total. The summed E-state index contributed by atoms with van der Waals surface area (Å²) in [6.45, 7) is 1.66. The van der Waals surface area contributed by atoms with E-state index < -0.39 is 0 Å². The molecule has 1 aliphatic heterocycles. The first-order valence-corrected chi connectivity index (χ1v) is 4.77. The summed E-state index contributed by atoms with van der Waals surface area (Å²) in [5.41, 5.74) is 9.74. The highest BCUT2D eigenvalue weighted by molar-refractivity contribution is 5.79. The van der Waals surface area contributed by atoms with E-state index in [0.29, 0.717) is 0 Å². The Hall–Kier alpha value is -1.45. The van der Waals surface area contributed by atoms with Crippen LogP contribution < -0.4 is 10.9 Å². The average Bonchev–Trinajstić information content (AvgIpc) is 2.26. The summed E-state index contributed by atoms with van der Waals surface area (Å²) in [7, 11) is 0. The largest absolute Gasteiger partial charge is 0.253 e. The highest BCUT2D eigenvalue weighted by Gasteiger charge is 2.09. The standard InChI is InChI=1S/C11H11N3/c1-2-4-10-8(3-1)5-9-6-12-13-7-11(9)14-10/h1-5,12-13H,6-7H2. The molecule has 0 unspecified atom stereocenters. The topological polar surface area (TPSA) is 37.0 Å². The smallest absolute Gasteiger partial charge is 0.0706 e. The fourth-order valence-corrected chi connectivity index (χ4v) is 1.81. The Labute approximate surface area is 82.1 Å². The van der Waals surface area contributed by atoms with Crippen LogP contribution >= 0.6 is 0 Å². The molecule has 0 radical (unpaired) electrons. The van der Waals surface area contributed by atoms with Gasteiger partial charge < -0.3 is 0 Å². The van der Waals surface area contributed by atoms with Gasteiger partial charge in [0.05, 0.1) is 17.8 Å². The van der Waals surface area contributed by atoms with E-state index in [0.717, 1.165) is 24.3 Å². The predicted octanol–water partition coefficient (Wildman–Crippen LogP) is 1.34. The Morgan fingerprint density at radius 3 is 2.93 bits per heavy atom. The zero-order chi connectivity index (χ0) is 9.38. The van der Waals surface area contributed by atoms with Gasteiger partial charge in [0.2, 0.25) is 0 Å². The lowest BCUT2D eigenvalue weighted by Crippen LogP contribution is -2.36. The number of fused-ring (bicyclic) bond motifs is 2. The lowest BCUT2D eigenvalue weighted by atomic mass is 10.1. The normalized spacial score (nSPS) is 15.4. The highest BCUT2D eigenvalue weighted by Crippen LogP contribution is 2.17. The van der Waals surface area contributed by atoms with E-state index in [1.807, 2.05) is 12.1 Å². The fraction of sp³-hybridized carbons (Fsp3) is 0.182. The minimum atomic E-state index is 0.806. The van der Waals surface area contributed by atoms with Gasteiger partial charge in [-0.25, -0.2) is 0 Å². The monoisotopic (exact) mass is 185 g/mol. The summed E-state index contributed by atoms with van der Waals surface area (Å²) in [4.78, 5) is 4.61. The Morgan fingerprint density at radius 2 is 1.93 bits per heavy atom. The van der Waals surface area contributed by atoms with Crippen LogP contribution in [0.4, 0.5) is 0 Å². The molecule has 70 valence electrons. The molecule has 1 aromatic heterocycles. The van der Waals surface area contributed by atoms with Gasteiger partial charge in [0, 0.05) is 11.9 Å². The minimum Gasteiger partial charge on any atom is -0.253 e. The summed E-state index contributed by atoms with van der Waals surface area (Å²) in [5.74, 6) is 0. The molecule has 0 aliphatic carbocycles.